The van der Waals surface area contributed by atoms with Gasteiger partial charge < -0.3 is 4.90 Å². The summed E-state index contributed by atoms with van der Waals surface area (Å²) in [5.74, 6) is 0. The first kappa shape index (κ1) is 15.5. The van der Waals surface area contributed by atoms with Crippen molar-refractivity contribution in [3.63, 3.8) is 0 Å². The molecule has 3 heterocycles. The van der Waals surface area contributed by atoms with E-state index in [2.05, 4.69) is 20.2 Å². The summed E-state index contributed by atoms with van der Waals surface area (Å²) in [6.07, 6.45) is 5.00. The quantitative estimate of drug-likeness (QED) is 0.728. The second-order valence-corrected chi connectivity index (χ2v) is 5.81. The van der Waals surface area contributed by atoms with E-state index >= 15 is 0 Å². The lowest BCUT2D eigenvalue weighted by molar-refractivity contribution is 0.201. The molecule has 0 bridgehead atoms. The topological polar surface area (TPSA) is 81.2 Å². The molecule has 3 aromatic heterocycles. The van der Waals surface area contributed by atoms with Crippen molar-refractivity contribution in [2.75, 3.05) is 13.1 Å². The van der Waals surface area contributed by atoms with Gasteiger partial charge in [-0.05, 0) is 38.6 Å². The zero-order valence-electron chi connectivity index (χ0n) is 13.2. The molecule has 0 aromatic carbocycles. The second-order valence-electron chi connectivity index (χ2n) is 4.83. The lowest BCUT2D eigenvalue weighted by Crippen LogP contribution is -2.34. The maximum atomic E-state index is 12.3. The van der Waals surface area contributed by atoms with Crippen molar-refractivity contribution < 1.29 is 4.79 Å². The van der Waals surface area contributed by atoms with E-state index in [0.29, 0.717) is 18.2 Å². The molecule has 0 aliphatic carbocycles. The van der Waals surface area contributed by atoms with Crippen LogP contribution < -0.4 is 0 Å². The average Bonchev–Trinajstić information content (AvgIpc) is 3.14. The van der Waals surface area contributed by atoms with E-state index in [1.807, 2.05) is 33.0 Å². The molecule has 0 aliphatic heterocycles. The Hall–Kier alpha value is -2.42. The molecule has 0 radical (unpaired) electrons. The summed E-state index contributed by atoms with van der Waals surface area (Å²) in [4.78, 5) is 23.4. The normalized spacial score (nSPS) is 11.1. The molecule has 0 fully saturated rings. The number of carbonyl (C=O) groups is 1. The molecule has 120 valence electrons. The first-order valence-electron chi connectivity index (χ1n) is 7.32. The van der Waals surface area contributed by atoms with Crippen LogP contribution in [0.5, 0.6) is 0 Å². The molecule has 23 heavy (non-hydrogen) atoms. The van der Waals surface area contributed by atoms with E-state index in [4.69, 9.17) is 0 Å². The first-order chi connectivity index (χ1) is 11.1. The SMILES string of the molecule is CCN(CC)C(=O)n1cnc(Sc2c(C)nn3cccnc23)n1. The fourth-order valence-corrected chi connectivity index (χ4v) is 3.05. The summed E-state index contributed by atoms with van der Waals surface area (Å²) in [6.45, 7) is 7.04. The van der Waals surface area contributed by atoms with Crippen LogP contribution in [-0.2, 0) is 0 Å². The highest BCUT2D eigenvalue weighted by Gasteiger charge is 2.17. The number of fused-ring (bicyclic) bond motifs is 1. The van der Waals surface area contributed by atoms with Crippen molar-refractivity contribution in [2.45, 2.75) is 30.8 Å². The molecule has 3 aromatic rings. The van der Waals surface area contributed by atoms with Crippen molar-refractivity contribution in [3.8, 4) is 0 Å². The standard InChI is InChI=1S/C14H17N7OS/c1-4-19(5-2)14(22)21-9-16-13(18-21)23-11-10(3)17-20-8-6-7-15-12(11)20/h6-9H,4-5H2,1-3H3. The van der Waals surface area contributed by atoms with Gasteiger partial charge in [0.25, 0.3) is 0 Å². The minimum absolute atomic E-state index is 0.177. The van der Waals surface area contributed by atoms with Crippen LogP contribution in [0.15, 0.2) is 34.8 Å². The molecule has 0 unspecified atom stereocenters. The highest BCUT2D eigenvalue weighted by atomic mass is 32.2. The van der Waals surface area contributed by atoms with Crippen molar-refractivity contribution in [1.29, 1.82) is 0 Å². The maximum Gasteiger partial charge on any atom is 0.346 e. The number of aromatic nitrogens is 6. The van der Waals surface area contributed by atoms with Gasteiger partial charge in [0.15, 0.2) is 5.65 Å². The Labute approximate surface area is 137 Å². The van der Waals surface area contributed by atoms with Gasteiger partial charge in [0, 0.05) is 25.5 Å². The molecule has 3 rings (SSSR count). The van der Waals surface area contributed by atoms with E-state index in [0.717, 1.165) is 16.2 Å². The fraction of sp³-hybridized carbons (Fsp3) is 0.357. The largest absolute Gasteiger partial charge is 0.346 e. The number of nitrogens with zero attached hydrogens (tertiary/aromatic N) is 7. The Kier molecular flexibility index (Phi) is 4.28. The molecule has 1 amide bonds. The number of carbonyl (C=O) groups excluding carboxylic acids is 1. The van der Waals surface area contributed by atoms with Crippen molar-refractivity contribution in [1.82, 2.24) is 34.3 Å². The number of hydrogen-bond donors (Lipinski definition) is 0. The summed E-state index contributed by atoms with van der Waals surface area (Å²) in [5, 5.41) is 9.16. The lowest BCUT2D eigenvalue weighted by Gasteiger charge is -2.17. The van der Waals surface area contributed by atoms with Gasteiger partial charge >= 0.3 is 6.03 Å². The Balaban J connectivity index is 1.86. The molecule has 0 saturated heterocycles. The second kappa shape index (κ2) is 6.37. The lowest BCUT2D eigenvalue weighted by atomic mass is 10.5. The molecule has 0 atom stereocenters. The number of rotatable bonds is 4. The van der Waals surface area contributed by atoms with Crippen LogP contribution in [0.3, 0.4) is 0 Å². The molecule has 8 nitrogen and oxygen atoms in total. The third-order valence-corrected chi connectivity index (χ3v) is 4.46. The average molecular weight is 331 g/mol. The molecular weight excluding hydrogens is 314 g/mol. The van der Waals surface area contributed by atoms with E-state index in [-0.39, 0.29) is 6.03 Å². The highest BCUT2D eigenvalue weighted by molar-refractivity contribution is 7.99. The minimum atomic E-state index is -0.177. The fourth-order valence-electron chi connectivity index (χ4n) is 2.21. The van der Waals surface area contributed by atoms with Gasteiger partial charge in [-0.3, -0.25) is 0 Å². The van der Waals surface area contributed by atoms with Crippen LogP contribution in [0.25, 0.3) is 5.65 Å². The third-order valence-electron chi connectivity index (χ3n) is 3.41. The van der Waals surface area contributed by atoms with E-state index in [1.54, 1.807) is 15.6 Å². The van der Waals surface area contributed by atoms with E-state index in [1.165, 1.54) is 22.8 Å². The Morgan fingerprint density at radius 3 is 2.78 bits per heavy atom. The molecule has 0 aliphatic rings. The van der Waals surface area contributed by atoms with Crippen molar-refractivity contribution in [3.05, 3.63) is 30.5 Å². The Bertz CT molecular complexity index is 837. The van der Waals surface area contributed by atoms with Crippen LogP contribution in [0.4, 0.5) is 4.79 Å². The Morgan fingerprint density at radius 1 is 1.26 bits per heavy atom. The number of amides is 1. The number of hydrogen-bond acceptors (Lipinski definition) is 6. The summed E-state index contributed by atoms with van der Waals surface area (Å²) in [6, 6.07) is 1.65. The highest BCUT2D eigenvalue weighted by Crippen LogP contribution is 2.30. The van der Waals surface area contributed by atoms with Crippen molar-refractivity contribution in [2.24, 2.45) is 0 Å². The van der Waals surface area contributed by atoms with Crippen LogP contribution in [0.2, 0.25) is 0 Å². The summed E-state index contributed by atoms with van der Waals surface area (Å²) < 4.78 is 2.99. The summed E-state index contributed by atoms with van der Waals surface area (Å²) in [7, 11) is 0. The van der Waals surface area contributed by atoms with Gasteiger partial charge in [0.2, 0.25) is 5.16 Å². The van der Waals surface area contributed by atoms with E-state index < -0.39 is 0 Å². The van der Waals surface area contributed by atoms with Crippen LogP contribution in [0, 0.1) is 6.92 Å². The summed E-state index contributed by atoms with van der Waals surface area (Å²) >= 11 is 1.36. The van der Waals surface area contributed by atoms with Gasteiger partial charge in [-0.2, -0.15) is 9.78 Å². The van der Waals surface area contributed by atoms with Crippen LogP contribution in [-0.4, -0.2) is 53.4 Å². The van der Waals surface area contributed by atoms with Gasteiger partial charge in [0.05, 0.1) is 10.6 Å². The van der Waals surface area contributed by atoms with E-state index in [9.17, 15) is 4.79 Å². The zero-order valence-corrected chi connectivity index (χ0v) is 14.0. The van der Waals surface area contributed by atoms with Crippen LogP contribution >= 0.6 is 11.8 Å². The monoisotopic (exact) mass is 331 g/mol. The van der Waals surface area contributed by atoms with Gasteiger partial charge in [-0.25, -0.2) is 19.3 Å². The summed E-state index contributed by atoms with van der Waals surface area (Å²) in [5.41, 5.74) is 1.60. The maximum absolute atomic E-state index is 12.3. The van der Waals surface area contributed by atoms with Crippen molar-refractivity contribution >= 4 is 23.4 Å². The smallest absolute Gasteiger partial charge is 0.323 e. The molecule has 9 heteroatoms. The number of aryl methyl sites for hydroxylation is 1. The Morgan fingerprint density at radius 2 is 2.04 bits per heavy atom. The van der Waals surface area contributed by atoms with Gasteiger partial charge in [-0.15, -0.1) is 5.10 Å². The predicted octanol–water partition coefficient (Wildman–Crippen LogP) is 2.09. The third kappa shape index (κ3) is 2.91. The molecule has 0 N–H and O–H groups in total. The molecule has 0 spiro atoms. The van der Waals surface area contributed by atoms with Gasteiger partial charge in [0.1, 0.15) is 6.33 Å². The molecule has 0 saturated carbocycles. The zero-order chi connectivity index (χ0) is 16.4. The predicted molar refractivity (Wildman–Crippen MR) is 85.6 cm³/mol. The minimum Gasteiger partial charge on any atom is -0.323 e. The molecular formula is C14H17N7OS. The van der Waals surface area contributed by atoms with Crippen LogP contribution in [0.1, 0.15) is 19.5 Å². The first-order valence-corrected chi connectivity index (χ1v) is 8.14. The van der Waals surface area contributed by atoms with Gasteiger partial charge in [-0.1, -0.05) is 0 Å².